The van der Waals surface area contributed by atoms with E-state index in [0.29, 0.717) is 0 Å². The maximum absolute atomic E-state index is 6.08. The smallest absolute Gasteiger partial charge is 0.403 e. The van der Waals surface area contributed by atoms with Crippen molar-refractivity contribution in [3.8, 4) is 0 Å². The Kier molecular flexibility index (Phi) is 4.91. The van der Waals surface area contributed by atoms with E-state index in [1.165, 1.54) is 32.1 Å². The van der Waals surface area contributed by atoms with Gasteiger partial charge in [0.1, 0.15) is 0 Å². The van der Waals surface area contributed by atoms with Gasteiger partial charge in [-0.15, -0.1) is 0 Å². The molecule has 0 aromatic rings. The van der Waals surface area contributed by atoms with Crippen molar-refractivity contribution in [2.24, 2.45) is 17.8 Å². The van der Waals surface area contributed by atoms with Gasteiger partial charge < -0.3 is 9.31 Å². The van der Waals surface area contributed by atoms with Crippen LogP contribution in [0.1, 0.15) is 73.6 Å². The van der Waals surface area contributed by atoms with Gasteiger partial charge in [0.05, 0.1) is 11.2 Å². The minimum atomic E-state index is -0.175. The summed E-state index contributed by atoms with van der Waals surface area (Å²) in [5.74, 6) is 2.83. The van der Waals surface area contributed by atoms with Crippen molar-refractivity contribution in [1.29, 1.82) is 0 Å². The molecule has 2 rings (SSSR count). The molecular weight excluding hydrogens is 247 g/mol. The Balaban J connectivity index is 1.72. The lowest BCUT2D eigenvalue weighted by atomic mass is 9.80. The fraction of sp³-hybridized carbons (Fsp3) is 1.00. The summed E-state index contributed by atoms with van der Waals surface area (Å²) < 4.78 is 12.2. The molecule has 0 aromatic carbocycles. The standard InChI is InChI=1S/C17H33BO2/c1-7-14-11-13(2)15(12-14)9-8-10-18-19-16(3,4)17(5,6)20-18/h13-15H,7-12H2,1-6H3/t13-,14?,15+/m0/s1. The first kappa shape index (κ1) is 16.4. The van der Waals surface area contributed by atoms with E-state index in [-0.39, 0.29) is 18.3 Å². The van der Waals surface area contributed by atoms with E-state index in [1.54, 1.807) is 0 Å². The summed E-state index contributed by atoms with van der Waals surface area (Å²) in [6, 6.07) is 0. The molecule has 3 heteroatoms. The van der Waals surface area contributed by atoms with Crippen LogP contribution < -0.4 is 0 Å². The first-order valence-corrected chi connectivity index (χ1v) is 8.61. The van der Waals surface area contributed by atoms with Crippen LogP contribution in [0.25, 0.3) is 0 Å². The fourth-order valence-corrected chi connectivity index (χ4v) is 3.84. The summed E-state index contributed by atoms with van der Waals surface area (Å²) in [4.78, 5) is 0. The van der Waals surface area contributed by atoms with Gasteiger partial charge >= 0.3 is 7.12 Å². The molecule has 1 heterocycles. The van der Waals surface area contributed by atoms with E-state index in [9.17, 15) is 0 Å². The Hall–Kier alpha value is -0.0151. The summed E-state index contributed by atoms with van der Waals surface area (Å²) in [6.45, 7) is 13.3. The second kappa shape index (κ2) is 6.00. The molecule has 116 valence electrons. The molecule has 1 unspecified atom stereocenters. The normalized spacial score (nSPS) is 35.7. The van der Waals surface area contributed by atoms with Crippen LogP contribution in [0, 0.1) is 17.8 Å². The molecule has 3 atom stereocenters. The number of hydrogen-bond acceptors (Lipinski definition) is 2. The predicted octanol–water partition coefficient (Wildman–Crippen LogP) is 4.93. The highest BCUT2D eigenvalue weighted by Crippen LogP contribution is 2.42. The van der Waals surface area contributed by atoms with Crippen LogP contribution in [0.15, 0.2) is 0 Å². The molecule has 0 aromatic heterocycles. The Labute approximate surface area is 126 Å². The van der Waals surface area contributed by atoms with Gasteiger partial charge in [-0.2, -0.15) is 0 Å². The van der Waals surface area contributed by atoms with E-state index in [4.69, 9.17) is 9.31 Å². The van der Waals surface area contributed by atoms with E-state index in [0.717, 1.165) is 24.1 Å². The first-order chi connectivity index (χ1) is 9.25. The Morgan fingerprint density at radius 1 is 1.05 bits per heavy atom. The molecule has 0 amide bonds. The molecule has 1 saturated carbocycles. The molecule has 0 N–H and O–H groups in total. The van der Waals surface area contributed by atoms with Crippen LogP contribution >= 0.6 is 0 Å². The Bertz CT molecular complexity index is 311. The van der Waals surface area contributed by atoms with Gasteiger partial charge in [-0.3, -0.25) is 0 Å². The summed E-state index contributed by atoms with van der Waals surface area (Å²) in [5, 5.41) is 0. The lowest BCUT2D eigenvalue weighted by molar-refractivity contribution is 0.00578. The zero-order chi connectivity index (χ0) is 15.0. The zero-order valence-corrected chi connectivity index (χ0v) is 14.4. The summed E-state index contributed by atoms with van der Waals surface area (Å²) >= 11 is 0. The van der Waals surface area contributed by atoms with E-state index >= 15 is 0 Å². The minimum Gasteiger partial charge on any atom is -0.403 e. The summed E-state index contributed by atoms with van der Waals surface area (Å²) in [6.07, 6.45) is 7.88. The van der Waals surface area contributed by atoms with Gasteiger partial charge in [-0.25, -0.2) is 0 Å². The van der Waals surface area contributed by atoms with Gasteiger partial charge in [0, 0.05) is 0 Å². The summed E-state index contributed by atoms with van der Waals surface area (Å²) in [5.41, 5.74) is -0.350. The molecule has 20 heavy (non-hydrogen) atoms. The van der Waals surface area contributed by atoms with Crippen molar-refractivity contribution < 1.29 is 9.31 Å². The van der Waals surface area contributed by atoms with E-state index in [2.05, 4.69) is 41.5 Å². The monoisotopic (exact) mass is 280 g/mol. The molecule has 0 spiro atoms. The Morgan fingerprint density at radius 2 is 1.65 bits per heavy atom. The third kappa shape index (κ3) is 3.41. The van der Waals surface area contributed by atoms with Gasteiger partial charge in [0.15, 0.2) is 0 Å². The highest BCUT2D eigenvalue weighted by molar-refractivity contribution is 6.45. The van der Waals surface area contributed by atoms with Gasteiger partial charge in [-0.1, -0.05) is 33.1 Å². The van der Waals surface area contributed by atoms with Crippen LogP contribution in [-0.2, 0) is 9.31 Å². The predicted molar refractivity (Wildman–Crippen MR) is 85.8 cm³/mol. The maximum Gasteiger partial charge on any atom is 0.457 e. The quantitative estimate of drug-likeness (QED) is 0.665. The molecular formula is C17H33BO2. The summed E-state index contributed by atoms with van der Waals surface area (Å²) in [7, 11) is -0.00122. The Morgan fingerprint density at radius 3 is 2.15 bits per heavy atom. The molecule has 2 aliphatic rings. The molecule has 0 bridgehead atoms. The van der Waals surface area contributed by atoms with Crippen molar-refractivity contribution >= 4 is 7.12 Å². The van der Waals surface area contributed by atoms with Gasteiger partial charge in [-0.05, 0) is 64.6 Å². The molecule has 0 radical (unpaired) electrons. The van der Waals surface area contributed by atoms with Crippen molar-refractivity contribution in [3.63, 3.8) is 0 Å². The lowest BCUT2D eigenvalue weighted by Crippen LogP contribution is -2.41. The van der Waals surface area contributed by atoms with Crippen LogP contribution in [0.5, 0.6) is 0 Å². The zero-order valence-electron chi connectivity index (χ0n) is 14.4. The number of hydrogen-bond donors (Lipinski definition) is 0. The van der Waals surface area contributed by atoms with Crippen molar-refractivity contribution in [2.75, 3.05) is 0 Å². The highest BCUT2D eigenvalue weighted by Gasteiger charge is 2.50. The van der Waals surface area contributed by atoms with E-state index < -0.39 is 0 Å². The molecule has 1 saturated heterocycles. The molecule has 2 nitrogen and oxygen atoms in total. The third-order valence-electron chi connectivity index (χ3n) is 6.04. The van der Waals surface area contributed by atoms with Crippen LogP contribution in [0.4, 0.5) is 0 Å². The van der Waals surface area contributed by atoms with Crippen LogP contribution in [0.2, 0.25) is 6.32 Å². The molecule has 2 fully saturated rings. The topological polar surface area (TPSA) is 18.5 Å². The molecule has 1 aliphatic carbocycles. The average Bonchev–Trinajstić information content (AvgIpc) is 2.78. The van der Waals surface area contributed by atoms with Gasteiger partial charge in [0.25, 0.3) is 0 Å². The van der Waals surface area contributed by atoms with Crippen molar-refractivity contribution in [1.82, 2.24) is 0 Å². The minimum absolute atomic E-state index is 0.00122. The van der Waals surface area contributed by atoms with Crippen LogP contribution in [0.3, 0.4) is 0 Å². The molecule has 1 aliphatic heterocycles. The average molecular weight is 280 g/mol. The first-order valence-electron chi connectivity index (χ1n) is 8.61. The maximum atomic E-state index is 6.08. The van der Waals surface area contributed by atoms with Gasteiger partial charge in [0.2, 0.25) is 0 Å². The SMILES string of the molecule is CCC1C[C@@H](CCCB2OC(C)(C)C(C)(C)O2)[C@@H](C)C1. The fourth-order valence-electron chi connectivity index (χ4n) is 3.84. The lowest BCUT2D eigenvalue weighted by Gasteiger charge is -2.32. The van der Waals surface area contributed by atoms with Crippen molar-refractivity contribution in [2.45, 2.75) is 91.2 Å². The number of rotatable bonds is 5. The second-order valence-electron chi connectivity index (χ2n) is 8.10. The van der Waals surface area contributed by atoms with E-state index in [1.807, 2.05) is 0 Å². The second-order valence-corrected chi connectivity index (χ2v) is 8.10. The third-order valence-corrected chi connectivity index (χ3v) is 6.04. The largest absolute Gasteiger partial charge is 0.457 e. The van der Waals surface area contributed by atoms with Crippen molar-refractivity contribution in [3.05, 3.63) is 0 Å². The van der Waals surface area contributed by atoms with Crippen LogP contribution in [-0.4, -0.2) is 18.3 Å². The highest BCUT2D eigenvalue weighted by atomic mass is 16.7.